The summed E-state index contributed by atoms with van der Waals surface area (Å²) in [6, 6.07) is 9.54. The molecule has 8 nitrogen and oxygen atoms in total. The highest BCUT2D eigenvalue weighted by molar-refractivity contribution is 5.94. The molecular weight excluding hydrogens is 527 g/mol. The van der Waals surface area contributed by atoms with E-state index in [-0.39, 0.29) is 34.7 Å². The van der Waals surface area contributed by atoms with E-state index in [4.69, 9.17) is 15.7 Å². The fourth-order valence-electron chi connectivity index (χ4n) is 4.00. The smallest absolute Gasteiger partial charge is 0.424 e. The van der Waals surface area contributed by atoms with E-state index < -0.39 is 58.4 Å². The third-order valence-electron chi connectivity index (χ3n) is 6.48. The van der Waals surface area contributed by atoms with Gasteiger partial charge in [-0.3, -0.25) is 9.59 Å². The van der Waals surface area contributed by atoms with E-state index in [9.17, 15) is 36.6 Å². The number of nitrogens with two attached hydrogens (primary N) is 1. The number of nitriles is 1. The molecule has 2 heterocycles. The van der Waals surface area contributed by atoms with Gasteiger partial charge >= 0.3 is 6.18 Å². The van der Waals surface area contributed by atoms with Crippen molar-refractivity contribution in [2.24, 2.45) is 5.73 Å². The Morgan fingerprint density at radius 1 is 1.18 bits per heavy atom. The molecule has 0 radical (unpaired) electrons. The van der Waals surface area contributed by atoms with Gasteiger partial charge in [-0.2, -0.15) is 18.4 Å². The number of aromatic nitrogens is 1. The zero-order valence-electron chi connectivity index (χ0n) is 20.1. The second kappa shape index (κ2) is 9.63. The summed E-state index contributed by atoms with van der Waals surface area (Å²) in [5, 5.41) is 21.7. The largest absolute Gasteiger partial charge is 0.489 e. The Labute approximate surface area is 217 Å². The minimum absolute atomic E-state index is 0.0757. The van der Waals surface area contributed by atoms with Gasteiger partial charge in [0.2, 0.25) is 11.5 Å². The number of nitrogens with one attached hydrogen (secondary N) is 1. The second-order valence-corrected chi connectivity index (χ2v) is 9.07. The van der Waals surface area contributed by atoms with Crippen molar-refractivity contribution < 1.29 is 41.4 Å². The van der Waals surface area contributed by atoms with E-state index in [2.05, 4.69) is 4.98 Å². The summed E-state index contributed by atoms with van der Waals surface area (Å²) in [6.07, 6.45) is -5.42. The number of benzene rings is 2. The van der Waals surface area contributed by atoms with Crippen LogP contribution in [0.3, 0.4) is 0 Å². The summed E-state index contributed by atoms with van der Waals surface area (Å²) in [7, 11) is 0. The molecule has 2 aromatic carbocycles. The van der Waals surface area contributed by atoms with E-state index in [0.29, 0.717) is 6.07 Å². The second-order valence-electron chi connectivity index (χ2n) is 9.07. The molecule has 0 spiro atoms. The molecule has 39 heavy (non-hydrogen) atoms. The maximum atomic E-state index is 14.4. The lowest BCUT2D eigenvalue weighted by Gasteiger charge is -2.31. The average Bonchev–Trinajstić information content (AvgIpc) is 3.24. The van der Waals surface area contributed by atoms with Crippen LogP contribution >= 0.6 is 0 Å². The Balaban J connectivity index is 1.82. The van der Waals surface area contributed by atoms with Crippen molar-refractivity contribution in [2.75, 3.05) is 13.2 Å². The quantitative estimate of drug-likeness (QED) is 0.406. The molecule has 2 amide bonds. The number of hydrogen-bond donors (Lipinski definition) is 3. The highest BCUT2D eigenvalue weighted by Gasteiger charge is 2.57. The van der Waals surface area contributed by atoms with E-state index in [1.54, 1.807) is 6.07 Å². The summed E-state index contributed by atoms with van der Waals surface area (Å²) in [5.74, 6) is -3.87. The third kappa shape index (κ3) is 4.74. The van der Waals surface area contributed by atoms with Crippen LogP contribution < -0.4 is 15.8 Å². The lowest BCUT2D eigenvalue weighted by atomic mass is 9.81. The molecule has 1 aliphatic rings. The first-order valence-electron chi connectivity index (χ1n) is 11.2. The van der Waals surface area contributed by atoms with E-state index in [1.807, 2.05) is 5.32 Å². The SMILES string of the molecule is C[C@]1(C(N)=O)COc2c1cc(C(O)(CNC(=O)c1ccc(C#N)c(F)c1)C(F)(F)F)nc2-c1ccc(F)cc1. The van der Waals surface area contributed by atoms with Crippen molar-refractivity contribution in [3.05, 3.63) is 82.5 Å². The van der Waals surface area contributed by atoms with E-state index in [1.165, 1.54) is 19.1 Å². The number of ether oxygens (including phenoxy) is 1. The van der Waals surface area contributed by atoms with Crippen LogP contribution in [0.5, 0.6) is 5.75 Å². The van der Waals surface area contributed by atoms with Crippen molar-refractivity contribution in [3.63, 3.8) is 0 Å². The Morgan fingerprint density at radius 3 is 2.41 bits per heavy atom. The van der Waals surface area contributed by atoms with E-state index >= 15 is 0 Å². The molecule has 0 saturated carbocycles. The number of aliphatic hydroxyl groups is 1. The van der Waals surface area contributed by atoms with Gasteiger partial charge in [-0.25, -0.2) is 13.8 Å². The number of primary amides is 1. The van der Waals surface area contributed by atoms with Crippen LogP contribution in [0.1, 0.15) is 34.1 Å². The molecule has 1 aliphatic heterocycles. The number of carbonyl (C=O) groups is 2. The Morgan fingerprint density at radius 2 is 1.85 bits per heavy atom. The third-order valence-corrected chi connectivity index (χ3v) is 6.48. The van der Waals surface area contributed by atoms with Crippen molar-refractivity contribution in [2.45, 2.75) is 24.1 Å². The molecule has 13 heteroatoms. The highest BCUT2D eigenvalue weighted by atomic mass is 19.4. The summed E-state index contributed by atoms with van der Waals surface area (Å²) in [4.78, 5) is 28.8. The maximum absolute atomic E-state index is 14.4. The Bertz CT molecular complexity index is 1520. The summed E-state index contributed by atoms with van der Waals surface area (Å²) >= 11 is 0. The molecule has 3 aromatic rings. The summed E-state index contributed by atoms with van der Waals surface area (Å²) in [6.45, 7) is -0.449. The van der Waals surface area contributed by atoms with Gasteiger partial charge in [0.05, 0.1) is 17.8 Å². The minimum atomic E-state index is -5.42. The van der Waals surface area contributed by atoms with Crippen LogP contribution in [-0.4, -0.2) is 41.2 Å². The van der Waals surface area contributed by atoms with Gasteiger partial charge in [0.1, 0.15) is 41.2 Å². The molecule has 1 unspecified atom stereocenters. The number of halogens is 5. The van der Waals surface area contributed by atoms with Gasteiger partial charge in [0, 0.05) is 16.7 Å². The number of alkyl halides is 3. The lowest BCUT2D eigenvalue weighted by molar-refractivity contribution is -0.265. The molecule has 4 rings (SSSR count). The standard InChI is InChI=1S/C26H19F5N4O4/c1-24(23(33)37)12-39-21-17(24)9-19(35-20(21)13-4-6-16(27)7-5-13)25(38,26(29,30)31)11-34-22(36)14-2-3-15(10-32)18(28)8-14/h2-9,38H,11-12H2,1H3,(H2,33,37)(H,34,36)/t24-,25?/m0/s1. The average molecular weight is 546 g/mol. The monoisotopic (exact) mass is 546 g/mol. The number of rotatable bonds is 6. The first kappa shape index (κ1) is 27.5. The molecule has 0 saturated heterocycles. The first-order valence-corrected chi connectivity index (χ1v) is 11.2. The topological polar surface area (TPSA) is 138 Å². The Kier molecular flexibility index (Phi) is 6.78. The fraction of sp³-hybridized carbons (Fsp3) is 0.231. The van der Waals surface area contributed by atoms with Gasteiger partial charge in [0.15, 0.2) is 0 Å². The molecule has 1 aromatic heterocycles. The molecule has 0 fully saturated rings. The van der Waals surface area contributed by atoms with Crippen molar-refractivity contribution >= 4 is 11.8 Å². The zero-order chi connectivity index (χ0) is 28.8. The molecule has 2 atom stereocenters. The minimum Gasteiger partial charge on any atom is -0.489 e. The van der Waals surface area contributed by atoms with Crippen LogP contribution in [0.2, 0.25) is 0 Å². The number of pyridine rings is 1. The van der Waals surface area contributed by atoms with Crippen molar-refractivity contribution in [3.8, 4) is 23.1 Å². The van der Waals surface area contributed by atoms with Gasteiger partial charge < -0.3 is 20.9 Å². The molecule has 202 valence electrons. The van der Waals surface area contributed by atoms with Crippen LogP contribution in [0.15, 0.2) is 48.5 Å². The predicted molar refractivity (Wildman–Crippen MR) is 125 cm³/mol. The van der Waals surface area contributed by atoms with E-state index in [0.717, 1.165) is 30.3 Å². The van der Waals surface area contributed by atoms with Crippen LogP contribution in [-0.2, 0) is 15.8 Å². The number of carbonyl (C=O) groups excluding carboxylic acids is 2. The van der Waals surface area contributed by atoms with Crippen LogP contribution in [0.4, 0.5) is 22.0 Å². The molecular formula is C26H19F5N4O4. The van der Waals surface area contributed by atoms with Gasteiger partial charge in [-0.15, -0.1) is 0 Å². The molecule has 4 N–H and O–H groups in total. The van der Waals surface area contributed by atoms with Gasteiger partial charge in [0.25, 0.3) is 5.91 Å². The normalized spacial score (nSPS) is 17.9. The lowest BCUT2D eigenvalue weighted by Crippen LogP contribution is -2.51. The summed E-state index contributed by atoms with van der Waals surface area (Å²) in [5.41, 5.74) is -1.88. The highest BCUT2D eigenvalue weighted by Crippen LogP contribution is 2.47. The number of fused-ring (bicyclic) bond motifs is 1. The molecule has 0 bridgehead atoms. The number of nitrogens with zero attached hydrogens (tertiary/aromatic N) is 2. The fourth-order valence-corrected chi connectivity index (χ4v) is 4.00. The van der Waals surface area contributed by atoms with Gasteiger partial charge in [-0.1, -0.05) is 0 Å². The van der Waals surface area contributed by atoms with Gasteiger partial charge in [-0.05, 0) is 55.5 Å². The number of hydrogen-bond acceptors (Lipinski definition) is 6. The maximum Gasteiger partial charge on any atom is 0.424 e. The first-order chi connectivity index (χ1) is 18.2. The summed E-state index contributed by atoms with van der Waals surface area (Å²) < 4.78 is 76.2. The van der Waals surface area contributed by atoms with Crippen LogP contribution in [0.25, 0.3) is 11.3 Å². The zero-order valence-corrected chi connectivity index (χ0v) is 20.1. The Hall–Kier alpha value is -4.57. The van der Waals surface area contributed by atoms with Crippen LogP contribution in [0, 0.1) is 23.0 Å². The van der Waals surface area contributed by atoms with Crippen molar-refractivity contribution in [1.29, 1.82) is 5.26 Å². The van der Waals surface area contributed by atoms with Crippen molar-refractivity contribution in [1.82, 2.24) is 10.3 Å². The predicted octanol–water partition coefficient (Wildman–Crippen LogP) is 3.21. The number of amides is 2. The molecule has 0 aliphatic carbocycles.